The second kappa shape index (κ2) is 6.67. The predicted molar refractivity (Wildman–Crippen MR) is 69.7 cm³/mol. The standard InChI is InChI=1S/C13H17BrO/c1-3-15-13-8-6-12(7-9-13)11(2)5-4-10-14/h5-9H,3-4,10H2,1-2H3/b11-5+. The molecule has 2 heteroatoms. The molecular formula is C13H17BrO. The number of rotatable bonds is 5. The van der Waals surface area contributed by atoms with E-state index in [9.17, 15) is 0 Å². The van der Waals surface area contributed by atoms with Crippen molar-refractivity contribution in [1.29, 1.82) is 0 Å². The monoisotopic (exact) mass is 268 g/mol. The zero-order valence-electron chi connectivity index (χ0n) is 9.29. The summed E-state index contributed by atoms with van der Waals surface area (Å²) in [5, 5.41) is 1.02. The van der Waals surface area contributed by atoms with E-state index < -0.39 is 0 Å². The lowest BCUT2D eigenvalue weighted by Gasteiger charge is -2.05. The van der Waals surface area contributed by atoms with Crippen LogP contribution in [0.5, 0.6) is 5.75 Å². The fourth-order valence-corrected chi connectivity index (χ4v) is 1.60. The van der Waals surface area contributed by atoms with Crippen molar-refractivity contribution in [1.82, 2.24) is 0 Å². The number of halogens is 1. The topological polar surface area (TPSA) is 9.23 Å². The summed E-state index contributed by atoms with van der Waals surface area (Å²) in [6.07, 6.45) is 3.31. The van der Waals surface area contributed by atoms with Crippen LogP contribution in [0.3, 0.4) is 0 Å². The smallest absolute Gasteiger partial charge is 0.119 e. The van der Waals surface area contributed by atoms with Gasteiger partial charge in [-0.15, -0.1) is 0 Å². The van der Waals surface area contributed by atoms with Gasteiger partial charge in [0.25, 0.3) is 0 Å². The fraction of sp³-hybridized carbons (Fsp3) is 0.385. The molecule has 0 aliphatic heterocycles. The van der Waals surface area contributed by atoms with Crippen LogP contribution in [0.2, 0.25) is 0 Å². The summed E-state index contributed by atoms with van der Waals surface area (Å²) in [6.45, 7) is 4.85. The van der Waals surface area contributed by atoms with E-state index in [1.165, 1.54) is 11.1 Å². The average molecular weight is 269 g/mol. The Kier molecular flexibility index (Phi) is 5.48. The third-order valence-corrected chi connectivity index (χ3v) is 2.64. The molecule has 0 aliphatic rings. The molecule has 0 fully saturated rings. The van der Waals surface area contributed by atoms with E-state index in [1.54, 1.807) is 0 Å². The van der Waals surface area contributed by atoms with Crippen LogP contribution in [0.4, 0.5) is 0 Å². The molecule has 1 rings (SSSR count). The van der Waals surface area contributed by atoms with Gasteiger partial charge in [-0.25, -0.2) is 0 Å². The summed E-state index contributed by atoms with van der Waals surface area (Å²) in [4.78, 5) is 0. The van der Waals surface area contributed by atoms with Gasteiger partial charge in [0, 0.05) is 5.33 Å². The normalized spacial score (nSPS) is 11.5. The maximum atomic E-state index is 5.39. The minimum absolute atomic E-state index is 0.720. The van der Waals surface area contributed by atoms with Gasteiger partial charge in [-0.2, -0.15) is 0 Å². The van der Waals surface area contributed by atoms with E-state index in [1.807, 2.05) is 19.1 Å². The molecule has 0 bridgehead atoms. The summed E-state index contributed by atoms with van der Waals surface area (Å²) < 4.78 is 5.39. The Bertz CT molecular complexity index is 314. The van der Waals surface area contributed by atoms with Gasteiger partial charge in [-0.05, 0) is 43.5 Å². The average Bonchev–Trinajstić information content (AvgIpc) is 2.27. The highest BCUT2D eigenvalue weighted by Crippen LogP contribution is 2.18. The summed E-state index contributed by atoms with van der Waals surface area (Å²) >= 11 is 3.42. The summed E-state index contributed by atoms with van der Waals surface area (Å²) in [5.74, 6) is 0.939. The van der Waals surface area contributed by atoms with Crippen molar-refractivity contribution in [3.63, 3.8) is 0 Å². The quantitative estimate of drug-likeness (QED) is 0.725. The van der Waals surface area contributed by atoms with Crippen LogP contribution in [-0.4, -0.2) is 11.9 Å². The molecule has 0 saturated heterocycles. The Morgan fingerprint density at radius 2 is 2.00 bits per heavy atom. The summed E-state index contributed by atoms with van der Waals surface area (Å²) in [5.41, 5.74) is 2.58. The van der Waals surface area contributed by atoms with E-state index in [-0.39, 0.29) is 0 Å². The van der Waals surface area contributed by atoms with Gasteiger partial charge in [0.05, 0.1) is 6.61 Å². The largest absolute Gasteiger partial charge is 0.494 e. The van der Waals surface area contributed by atoms with Crippen molar-refractivity contribution in [2.75, 3.05) is 11.9 Å². The second-order valence-electron chi connectivity index (χ2n) is 3.32. The fourth-order valence-electron chi connectivity index (χ4n) is 1.37. The lowest BCUT2D eigenvalue weighted by Crippen LogP contribution is -1.91. The first-order chi connectivity index (χ1) is 7.27. The summed E-state index contributed by atoms with van der Waals surface area (Å²) in [7, 11) is 0. The maximum Gasteiger partial charge on any atom is 0.119 e. The molecule has 1 nitrogen and oxygen atoms in total. The Morgan fingerprint density at radius 3 is 2.53 bits per heavy atom. The van der Waals surface area contributed by atoms with E-state index in [0.717, 1.165) is 24.1 Å². The van der Waals surface area contributed by atoms with Crippen LogP contribution < -0.4 is 4.74 Å². The Labute approximate surface area is 100 Å². The van der Waals surface area contributed by atoms with Crippen molar-refractivity contribution >= 4 is 21.5 Å². The predicted octanol–water partition coefficient (Wildman–Crippen LogP) is 4.27. The van der Waals surface area contributed by atoms with Crippen molar-refractivity contribution in [2.45, 2.75) is 20.3 Å². The number of hydrogen-bond acceptors (Lipinski definition) is 1. The van der Waals surface area contributed by atoms with Gasteiger partial charge in [0.1, 0.15) is 5.75 Å². The number of hydrogen-bond donors (Lipinski definition) is 0. The zero-order valence-corrected chi connectivity index (χ0v) is 10.9. The molecular weight excluding hydrogens is 252 g/mol. The number of alkyl halides is 1. The Balaban J connectivity index is 2.70. The van der Waals surface area contributed by atoms with Gasteiger partial charge < -0.3 is 4.74 Å². The van der Waals surface area contributed by atoms with E-state index in [2.05, 4.69) is 41.1 Å². The Hall–Kier alpha value is -0.760. The van der Waals surface area contributed by atoms with Crippen LogP contribution in [0.1, 0.15) is 25.8 Å². The second-order valence-corrected chi connectivity index (χ2v) is 4.12. The molecule has 0 N–H and O–H groups in total. The van der Waals surface area contributed by atoms with Gasteiger partial charge in [0.2, 0.25) is 0 Å². The third-order valence-electron chi connectivity index (χ3n) is 2.18. The van der Waals surface area contributed by atoms with Gasteiger partial charge in [-0.1, -0.05) is 34.1 Å². The molecule has 15 heavy (non-hydrogen) atoms. The van der Waals surface area contributed by atoms with E-state index in [0.29, 0.717) is 0 Å². The molecule has 0 aromatic heterocycles. The molecule has 0 spiro atoms. The lowest BCUT2D eigenvalue weighted by molar-refractivity contribution is 0.340. The molecule has 0 atom stereocenters. The van der Waals surface area contributed by atoms with Gasteiger partial charge in [0.15, 0.2) is 0 Å². The van der Waals surface area contributed by atoms with Crippen molar-refractivity contribution in [3.05, 3.63) is 35.9 Å². The highest BCUT2D eigenvalue weighted by molar-refractivity contribution is 9.09. The summed E-state index contributed by atoms with van der Waals surface area (Å²) in [6, 6.07) is 8.24. The SMILES string of the molecule is CCOc1ccc(/C(C)=C/CCBr)cc1. The molecule has 0 saturated carbocycles. The molecule has 0 aliphatic carbocycles. The zero-order chi connectivity index (χ0) is 11.1. The van der Waals surface area contributed by atoms with Crippen LogP contribution in [0.25, 0.3) is 5.57 Å². The van der Waals surface area contributed by atoms with E-state index in [4.69, 9.17) is 4.74 Å². The molecule has 82 valence electrons. The minimum Gasteiger partial charge on any atom is -0.494 e. The molecule has 0 unspecified atom stereocenters. The highest BCUT2D eigenvalue weighted by atomic mass is 79.9. The first-order valence-electron chi connectivity index (χ1n) is 5.24. The molecule has 0 amide bonds. The maximum absolute atomic E-state index is 5.39. The molecule has 0 heterocycles. The van der Waals surface area contributed by atoms with Crippen LogP contribution in [0.15, 0.2) is 30.3 Å². The van der Waals surface area contributed by atoms with Crippen LogP contribution in [0, 0.1) is 0 Å². The first-order valence-corrected chi connectivity index (χ1v) is 6.36. The number of benzene rings is 1. The Morgan fingerprint density at radius 1 is 1.33 bits per heavy atom. The lowest BCUT2D eigenvalue weighted by atomic mass is 10.1. The third kappa shape index (κ3) is 4.08. The first kappa shape index (κ1) is 12.3. The highest BCUT2D eigenvalue weighted by Gasteiger charge is 1.96. The molecule has 1 aromatic carbocycles. The molecule has 0 radical (unpaired) electrons. The van der Waals surface area contributed by atoms with Crippen molar-refractivity contribution < 1.29 is 4.74 Å². The van der Waals surface area contributed by atoms with Crippen LogP contribution >= 0.6 is 15.9 Å². The van der Waals surface area contributed by atoms with Crippen molar-refractivity contribution in [2.24, 2.45) is 0 Å². The minimum atomic E-state index is 0.720. The van der Waals surface area contributed by atoms with Crippen LogP contribution in [-0.2, 0) is 0 Å². The number of allylic oxidation sites excluding steroid dienone is 2. The number of ether oxygens (including phenoxy) is 1. The van der Waals surface area contributed by atoms with E-state index >= 15 is 0 Å². The van der Waals surface area contributed by atoms with Gasteiger partial charge >= 0.3 is 0 Å². The molecule has 1 aromatic rings. The van der Waals surface area contributed by atoms with Crippen molar-refractivity contribution in [3.8, 4) is 5.75 Å². The van der Waals surface area contributed by atoms with Gasteiger partial charge in [-0.3, -0.25) is 0 Å².